The molecule has 9 nitrogen and oxygen atoms in total. The summed E-state index contributed by atoms with van der Waals surface area (Å²) in [6.45, 7) is 9.96. The molecule has 1 saturated heterocycles. The number of sulfonamides is 1. The van der Waals surface area contributed by atoms with Crippen LogP contribution in [0.4, 0.5) is 4.79 Å². The zero-order valence-electron chi connectivity index (χ0n) is 18.1. The van der Waals surface area contributed by atoms with Crippen molar-refractivity contribution in [3.05, 3.63) is 29.8 Å². The van der Waals surface area contributed by atoms with Crippen LogP contribution in [-0.4, -0.2) is 68.7 Å². The van der Waals surface area contributed by atoms with E-state index in [9.17, 15) is 18.0 Å². The quantitative estimate of drug-likeness (QED) is 0.650. The molecule has 1 aliphatic rings. The maximum Gasteiger partial charge on any atom is 0.407 e. The largest absolute Gasteiger partial charge is 0.444 e. The van der Waals surface area contributed by atoms with Crippen LogP contribution in [0.2, 0.25) is 0 Å². The predicted octanol–water partition coefficient (Wildman–Crippen LogP) is 1.74. The van der Waals surface area contributed by atoms with E-state index < -0.39 is 21.7 Å². The second kappa shape index (κ2) is 9.76. The highest BCUT2D eigenvalue weighted by Gasteiger charge is 2.32. The fourth-order valence-corrected chi connectivity index (χ4v) is 4.60. The minimum atomic E-state index is -3.66. The number of nitrogens with zero attached hydrogens (tertiary/aromatic N) is 1. The Labute approximate surface area is 178 Å². The summed E-state index contributed by atoms with van der Waals surface area (Å²) in [6, 6.07) is 5.79. The van der Waals surface area contributed by atoms with Gasteiger partial charge in [-0.1, -0.05) is 0 Å². The van der Waals surface area contributed by atoms with Crippen molar-refractivity contribution in [2.75, 3.05) is 26.2 Å². The van der Waals surface area contributed by atoms with E-state index in [1.54, 1.807) is 20.8 Å². The molecular weight excluding hydrogens is 410 g/mol. The van der Waals surface area contributed by atoms with Crippen molar-refractivity contribution in [3.63, 3.8) is 0 Å². The van der Waals surface area contributed by atoms with Crippen molar-refractivity contribution < 1.29 is 27.5 Å². The molecule has 168 valence electrons. The van der Waals surface area contributed by atoms with E-state index in [0.29, 0.717) is 18.7 Å². The van der Waals surface area contributed by atoms with Gasteiger partial charge >= 0.3 is 6.09 Å². The minimum Gasteiger partial charge on any atom is -0.444 e. The molecule has 0 aliphatic carbocycles. The van der Waals surface area contributed by atoms with E-state index in [2.05, 4.69) is 10.6 Å². The summed E-state index contributed by atoms with van der Waals surface area (Å²) < 4.78 is 37.8. The fraction of sp³-hybridized carbons (Fsp3) is 0.600. The number of morpholine rings is 1. The highest BCUT2D eigenvalue weighted by Crippen LogP contribution is 2.21. The molecule has 2 unspecified atom stereocenters. The summed E-state index contributed by atoms with van der Waals surface area (Å²) in [4.78, 5) is 23.9. The number of carbonyl (C=O) groups excluding carboxylic acids is 2. The third-order valence-corrected chi connectivity index (χ3v) is 6.07. The molecule has 1 fully saturated rings. The Morgan fingerprint density at radius 3 is 2.13 bits per heavy atom. The van der Waals surface area contributed by atoms with Crippen molar-refractivity contribution in [1.29, 1.82) is 0 Å². The summed E-state index contributed by atoms with van der Waals surface area (Å²) in [5, 5.41) is 5.21. The smallest absolute Gasteiger partial charge is 0.407 e. The van der Waals surface area contributed by atoms with Gasteiger partial charge in [0, 0.05) is 31.7 Å². The van der Waals surface area contributed by atoms with Gasteiger partial charge in [0.15, 0.2) is 0 Å². The molecule has 0 spiro atoms. The number of amides is 2. The van der Waals surface area contributed by atoms with Crippen LogP contribution < -0.4 is 10.6 Å². The van der Waals surface area contributed by atoms with Gasteiger partial charge in [-0.15, -0.1) is 0 Å². The van der Waals surface area contributed by atoms with Gasteiger partial charge in [-0.25, -0.2) is 13.2 Å². The number of hydrogen-bond donors (Lipinski definition) is 2. The van der Waals surface area contributed by atoms with Crippen LogP contribution in [0.5, 0.6) is 0 Å². The molecule has 10 heteroatoms. The monoisotopic (exact) mass is 441 g/mol. The second-order valence-corrected chi connectivity index (χ2v) is 10.2. The average Bonchev–Trinajstić information content (AvgIpc) is 2.63. The number of benzene rings is 1. The lowest BCUT2D eigenvalue weighted by Crippen LogP contribution is -2.48. The van der Waals surface area contributed by atoms with Gasteiger partial charge in [0.1, 0.15) is 5.60 Å². The Kier molecular flexibility index (Phi) is 7.84. The molecule has 1 aliphatic heterocycles. The van der Waals surface area contributed by atoms with Gasteiger partial charge in [-0.3, -0.25) is 4.79 Å². The molecule has 2 amide bonds. The number of carbonyl (C=O) groups is 2. The van der Waals surface area contributed by atoms with Gasteiger partial charge in [-0.2, -0.15) is 4.31 Å². The summed E-state index contributed by atoms with van der Waals surface area (Å²) in [6.07, 6.45) is -0.913. The Balaban J connectivity index is 1.89. The van der Waals surface area contributed by atoms with Gasteiger partial charge in [0.2, 0.25) is 10.0 Å². The number of ether oxygens (including phenoxy) is 2. The topological polar surface area (TPSA) is 114 Å². The van der Waals surface area contributed by atoms with E-state index in [1.165, 1.54) is 28.6 Å². The van der Waals surface area contributed by atoms with Crippen molar-refractivity contribution in [1.82, 2.24) is 14.9 Å². The molecule has 1 aromatic rings. The molecule has 1 heterocycles. The fourth-order valence-electron chi connectivity index (χ4n) is 3.01. The maximum atomic E-state index is 12.9. The van der Waals surface area contributed by atoms with Gasteiger partial charge in [0.25, 0.3) is 5.91 Å². The molecule has 2 atom stereocenters. The first-order valence-corrected chi connectivity index (χ1v) is 11.3. The van der Waals surface area contributed by atoms with Crippen LogP contribution in [0.1, 0.15) is 45.0 Å². The van der Waals surface area contributed by atoms with Crippen molar-refractivity contribution in [3.8, 4) is 0 Å². The number of hydrogen-bond acceptors (Lipinski definition) is 6. The van der Waals surface area contributed by atoms with Gasteiger partial charge in [-0.05, 0) is 58.9 Å². The lowest BCUT2D eigenvalue weighted by atomic mass is 10.2. The molecule has 0 bridgehead atoms. The van der Waals surface area contributed by atoms with Crippen LogP contribution in [0.15, 0.2) is 29.2 Å². The average molecular weight is 442 g/mol. The first-order chi connectivity index (χ1) is 13.9. The van der Waals surface area contributed by atoms with E-state index in [1.807, 2.05) is 13.8 Å². The number of nitrogens with one attached hydrogen (secondary N) is 2. The number of rotatable bonds is 6. The zero-order valence-corrected chi connectivity index (χ0v) is 18.9. The van der Waals surface area contributed by atoms with E-state index >= 15 is 0 Å². The maximum absolute atomic E-state index is 12.9. The third kappa shape index (κ3) is 6.96. The first kappa shape index (κ1) is 24.1. The van der Waals surface area contributed by atoms with E-state index in [4.69, 9.17) is 9.47 Å². The molecular formula is C20H31N3O6S. The lowest BCUT2D eigenvalue weighted by molar-refractivity contribution is -0.0440. The molecule has 1 aromatic carbocycles. The number of alkyl carbamates (subject to hydrolysis) is 1. The Morgan fingerprint density at radius 1 is 1.07 bits per heavy atom. The summed E-state index contributed by atoms with van der Waals surface area (Å²) in [5.74, 6) is -0.362. The Hall–Kier alpha value is -2.17. The predicted molar refractivity (Wildman–Crippen MR) is 112 cm³/mol. The van der Waals surface area contributed by atoms with Crippen molar-refractivity contribution in [2.45, 2.75) is 57.3 Å². The van der Waals surface area contributed by atoms with Crippen molar-refractivity contribution in [2.24, 2.45) is 0 Å². The van der Waals surface area contributed by atoms with Crippen molar-refractivity contribution >= 4 is 22.0 Å². The standard InChI is InChI=1S/C20H31N3O6S/c1-14-12-23(13-15(2)28-14)30(26,27)17-8-6-16(7-9-17)18(24)21-10-11-22-19(25)29-20(3,4)5/h6-9,14-15H,10-13H2,1-5H3,(H,21,24)(H,22,25). The second-order valence-electron chi connectivity index (χ2n) is 8.29. The first-order valence-electron chi connectivity index (χ1n) is 9.89. The normalized spacial score (nSPS) is 20.4. The van der Waals surface area contributed by atoms with Crippen LogP contribution in [0.3, 0.4) is 0 Å². The molecule has 2 rings (SSSR count). The van der Waals surface area contributed by atoms with Crippen LogP contribution >= 0.6 is 0 Å². The van der Waals surface area contributed by atoms with E-state index in [-0.39, 0.29) is 36.1 Å². The lowest BCUT2D eigenvalue weighted by Gasteiger charge is -2.34. The molecule has 0 saturated carbocycles. The minimum absolute atomic E-state index is 0.131. The molecule has 0 aromatic heterocycles. The van der Waals surface area contributed by atoms with E-state index in [0.717, 1.165) is 0 Å². The Morgan fingerprint density at radius 2 is 1.60 bits per heavy atom. The van der Waals surface area contributed by atoms with Gasteiger partial charge < -0.3 is 20.1 Å². The van der Waals surface area contributed by atoms with Gasteiger partial charge in [0.05, 0.1) is 17.1 Å². The van der Waals surface area contributed by atoms with Crippen LogP contribution in [0, 0.1) is 0 Å². The zero-order chi connectivity index (χ0) is 22.5. The molecule has 0 radical (unpaired) electrons. The highest BCUT2D eigenvalue weighted by atomic mass is 32.2. The Bertz CT molecular complexity index is 838. The third-order valence-electron chi connectivity index (χ3n) is 4.22. The SMILES string of the molecule is CC1CN(S(=O)(=O)c2ccc(C(=O)NCCNC(=O)OC(C)(C)C)cc2)CC(C)O1. The molecule has 30 heavy (non-hydrogen) atoms. The molecule has 2 N–H and O–H groups in total. The summed E-state index contributed by atoms with van der Waals surface area (Å²) in [7, 11) is -3.66. The van der Waals surface area contributed by atoms with Crippen LogP contribution in [-0.2, 0) is 19.5 Å². The van der Waals surface area contributed by atoms with Crippen LogP contribution in [0.25, 0.3) is 0 Å². The highest BCUT2D eigenvalue weighted by molar-refractivity contribution is 7.89. The summed E-state index contributed by atoms with van der Waals surface area (Å²) >= 11 is 0. The summed E-state index contributed by atoms with van der Waals surface area (Å²) in [5.41, 5.74) is -0.262.